The molecule has 2 aromatic carbocycles. The summed E-state index contributed by atoms with van der Waals surface area (Å²) in [7, 11) is 4.12. The standard InChI is InChI=1S/C22H28N2O2/c1-17(2)26-21-7-5-6-19(16-21)10-13-22(25)23-20-11-8-18(9-12-20)14-15-24(3)4/h5-13,16-17H,14-15H2,1-4H3,(H,23,25). The molecule has 0 aromatic heterocycles. The Hall–Kier alpha value is -2.59. The number of benzene rings is 2. The lowest BCUT2D eigenvalue weighted by Gasteiger charge is -2.10. The first-order valence-electron chi connectivity index (χ1n) is 8.92. The minimum atomic E-state index is -0.152. The second-order valence-corrected chi connectivity index (χ2v) is 6.81. The van der Waals surface area contributed by atoms with Crippen LogP contribution in [0.25, 0.3) is 6.08 Å². The molecule has 0 atom stereocenters. The van der Waals surface area contributed by atoms with Gasteiger partial charge in [0, 0.05) is 18.3 Å². The molecule has 0 aliphatic rings. The Balaban J connectivity index is 1.90. The fraction of sp³-hybridized carbons (Fsp3) is 0.318. The van der Waals surface area contributed by atoms with Crippen molar-refractivity contribution >= 4 is 17.7 Å². The van der Waals surface area contributed by atoms with Crippen LogP contribution >= 0.6 is 0 Å². The maximum atomic E-state index is 12.1. The van der Waals surface area contributed by atoms with E-state index in [2.05, 4.69) is 36.4 Å². The zero-order valence-electron chi connectivity index (χ0n) is 16.0. The molecule has 0 fully saturated rings. The number of anilines is 1. The Morgan fingerprint density at radius 2 is 1.88 bits per heavy atom. The molecule has 0 saturated heterocycles. The zero-order valence-corrected chi connectivity index (χ0v) is 16.0. The van der Waals surface area contributed by atoms with Gasteiger partial charge in [0.25, 0.3) is 0 Å². The van der Waals surface area contributed by atoms with Crippen LogP contribution in [0.15, 0.2) is 54.6 Å². The lowest BCUT2D eigenvalue weighted by molar-refractivity contribution is -0.111. The second kappa shape index (κ2) is 9.78. The summed E-state index contributed by atoms with van der Waals surface area (Å²) in [5, 5.41) is 2.88. The van der Waals surface area contributed by atoms with Gasteiger partial charge in [-0.3, -0.25) is 4.79 Å². The van der Waals surface area contributed by atoms with E-state index < -0.39 is 0 Å². The Labute approximate surface area is 156 Å². The molecule has 138 valence electrons. The van der Waals surface area contributed by atoms with Crippen molar-refractivity contribution in [3.05, 3.63) is 65.7 Å². The highest BCUT2D eigenvalue weighted by atomic mass is 16.5. The van der Waals surface area contributed by atoms with E-state index in [1.165, 1.54) is 11.6 Å². The van der Waals surface area contributed by atoms with Gasteiger partial charge in [0.2, 0.25) is 5.91 Å². The lowest BCUT2D eigenvalue weighted by atomic mass is 10.1. The molecular formula is C22H28N2O2. The Morgan fingerprint density at radius 3 is 2.54 bits per heavy atom. The largest absolute Gasteiger partial charge is 0.491 e. The van der Waals surface area contributed by atoms with Crippen molar-refractivity contribution in [3.8, 4) is 5.75 Å². The average Bonchev–Trinajstić information content (AvgIpc) is 2.59. The average molecular weight is 352 g/mol. The Bertz CT molecular complexity index is 734. The fourth-order valence-corrected chi connectivity index (χ4v) is 2.43. The van der Waals surface area contributed by atoms with Gasteiger partial charge in [-0.05, 0) is 75.8 Å². The smallest absolute Gasteiger partial charge is 0.248 e. The molecule has 0 bridgehead atoms. The molecule has 4 nitrogen and oxygen atoms in total. The fourth-order valence-electron chi connectivity index (χ4n) is 2.43. The summed E-state index contributed by atoms with van der Waals surface area (Å²) in [5.41, 5.74) is 2.98. The van der Waals surface area contributed by atoms with Crippen molar-refractivity contribution in [3.63, 3.8) is 0 Å². The first kappa shape index (κ1) is 19.7. The second-order valence-electron chi connectivity index (χ2n) is 6.81. The molecular weight excluding hydrogens is 324 g/mol. The molecule has 2 rings (SSSR count). The lowest BCUT2D eigenvalue weighted by Crippen LogP contribution is -2.15. The summed E-state index contributed by atoms with van der Waals surface area (Å²) in [6, 6.07) is 15.7. The van der Waals surface area contributed by atoms with E-state index in [4.69, 9.17) is 4.74 Å². The molecule has 0 heterocycles. The van der Waals surface area contributed by atoms with Gasteiger partial charge in [0.15, 0.2) is 0 Å². The first-order valence-corrected chi connectivity index (χ1v) is 8.92. The van der Waals surface area contributed by atoms with Crippen molar-refractivity contribution in [2.45, 2.75) is 26.4 Å². The topological polar surface area (TPSA) is 41.6 Å². The number of amides is 1. The minimum absolute atomic E-state index is 0.123. The summed E-state index contributed by atoms with van der Waals surface area (Å²) in [4.78, 5) is 14.3. The third kappa shape index (κ3) is 7.11. The van der Waals surface area contributed by atoms with Gasteiger partial charge in [-0.2, -0.15) is 0 Å². The monoisotopic (exact) mass is 352 g/mol. The number of carbonyl (C=O) groups excluding carboxylic acids is 1. The summed E-state index contributed by atoms with van der Waals surface area (Å²) >= 11 is 0. The van der Waals surface area contributed by atoms with Crippen LogP contribution < -0.4 is 10.1 Å². The van der Waals surface area contributed by atoms with Crippen LogP contribution in [0.1, 0.15) is 25.0 Å². The van der Waals surface area contributed by atoms with Gasteiger partial charge in [0.05, 0.1) is 6.10 Å². The maximum absolute atomic E-state index is 12.1. The molecule has 1 amide bonds. The molecule has 1 N–H and O–H groups in total. The molecule has 26 heavy (non-hydrogen) atoms. The predicted octanol–water partition coefficient (Wildman–Crippen LogP) is 4.23. The van der Waals surface area contributed by atoms with E-state index in [-0.39, 0.29) is 12.0 Å². The number of nitrogens with zero attached hydrogens (tertiary/aromatic N) is 1. The van der Waals surface area contributed by atoms with E-state index in [0.29, 0.717) is 0 Å². The van der Waals surface area contributed by atoms with Gasteiger partial charge in [-0.25, -0.2) is 0 Å². The number of rotatable bonds is 8. The number of ether oxygens (including phenoxy) is 1. The van der Waals surface area contributed by atoms with Crippen molar-refractivity contribution in [2.24, 2.45) is 0 Å². The molecule has 0 unspecified atom stereocenters. The van der Waals surface area contributed by atoms with E-state index in [9.17, 15) is 4.79 Å². The van der Waals surface area contributed by atoms with Crippen LogP contribution in [0.5, 0.6) is 5.75 Å². The molecule has 0 aliphatic heterocycles. The van der Waals surface area contributed by atoms with Crippen LogP contribution in [-0.2, 0) is 11.2 Å². The van der Waals surface area contributed by atoms with Crippen molar-refractivity contribution in [1.29, 1.82) is 0 Å². The number of nitrogens with one attached hydrogen (secondary N) is 1. The van der Waals surface area contributed by atoms with Gasteiger partial charge in [-0.15, -0.1) is 0 Å². The number of likely N-dealkylation sites (N-methyl/N-ethyl adjacent to an activating group) is 1. The Kier molecular flexibility index (Phi) is 7.42. The maximum Gasteiger partial charge on any atom is 0.248 e. The number of hydrogen-bond acceptors (Lipinski definition) is 3. The van der Waals surface area contributed by atoms with Crippen molar-refractivity contribution in [2.75, 3.05) is 26.0 Å². The van der Waals surface area contributed by atoms with E-state index in [0.717, 1.165) is 30.0 Å². The van der Waals surface area contributed by atoms with E-state index >= 15 is 0 Å². The molecule has 0 spiro atoms. The molecule has 0 radical (unpaired) electrons. The van der Waals surface area contributed by atoms with Crippen LogP contribution in [0.3, 0.4) is 0 Å². The Morgan fingerprint density at radius 1 is 1.15 bits per heavy atom. The summed E-state index contributed by atoms with van der Waals surface area (Å²) in [5.74, 6) is 0.650. The first-order chi connectivity index (χ1) is 12.4. The molecule has 4 heteroatoms. The number of hydrogen-bond donors (Lipinski definition) is 1. The van der Waals surface area contributed by atoms with Gasteiger partial charge in [-0.1, -0.05) is 24.3 Å². The SMILES string of the molecule is CC(C)Oc1cccc(C=CC(=O)Nc2ccc(CCN(C)C)cc2)c1. The highest BCUT2D eigenvalue weighted by molar-refractivity contribution is 6.01. The highest BCUT2D eigenvalue weighted by Gasteiger charge is 2.01. The zero-order chi connectivity index (χ0) is 18.9. The third-order valence-electron chi connectivity index (χ3n) is 3.73. The van der Waals surface area contributed by atoms with E-state index in [1.807, 2.05) is 50.2 Å². The van der Waals surface area contributed by atoms with Crippen molar-refractivity contribution < 1.29 is 9.53 Å². The summed E-state index contributed by atoms with van der Waals surface area (Å²) < 4.78 is 5.67. The van der Waals surface area contributed by atoms with Crippen LogP contribution in [0.4, 0.5) is 5.69 Å². The summed E-state index contributed by atoms with van der Waals surface area (Å²) in [6.45, 7) is 4.98. The van der Waals surface area contributed by atoms with Crippen LogP contribution in [0, 0.1) is 0 Å². The molecule has 0 aliphatic carbocycles. The van der Waals surface area contributed by atoms with Gasteiger partial charge in [0.1, 0.15) is 5.75 Å². The van der Waals surface area contributed by atoms with E-state index in [1.54, 1.807) is 6.08 Å². The normalized spacial score (nSPS) is 11.3. The predicted molar refractivity (Wildman–Crippen MR) is 109 cm³/mol. The van der Waals surface area contributed by atoms with Gasteiger partial charge < -0.3 is 15.0 Å². The quantitative estimate of drug-likeness (QED) is 0.723. The van der Waals surface area contributed by atoms with Gasteiger partial charge >= 0.3 is 0 Å². The molecule has 0 saturated carbocycles. The minimum Gasteiger partial charge on any atom is -0.491 e. The van der Waals surface area contributed by atoms with Crippen LogP contribution in [0.2, 0.25) is 0 Å². The summed E-state index contributed by atoms with van der Waals surface area (Å²) in [6.07, 6.45) is 4.44. The number of carbonyl (C=O) groups is 1. The van der Waals surface area contributed by atoms with Crippen molar-refractivity contribution in [1.82, 2.24) is 4.90 Å². The van der Waals surface area contributed by atoms with Crippen LogP contribution in [-0.4, -0.2) is 37.6 Å². The molecule has 2 aromatic rings. The highest BCUT2D eigenvalue weighted by Crippen LogP contribution is 2.16. The third-order valence-corrected chi connectivity index (χ3v) is 3.73.